The lowest BCUT2D eigenvalue weighted by Gasteiger charge is -2.40. The number of rotatable bonds is 3. The van der Waals surface area contributed by atoms with Crippen molar-refractivity contribution in [3.8, 4) is 0 Å². The van der Waals surface area contributed by atoms with E-state index < -0.39 is 0 Å². The van der Waals surface area contributed by atoms with E-state index in [9.17, 15) is 4.79 Å². The van der Waals surface area contributed by atoms with E-state index in [2.05, 4.69) is 4.90 Å². The number of hydrogen-bond donors (Lipinski definition) is 2. The van der Waals surface area contributed by atoms with E-state index in [1.807, 2.05) is 0 Å². The molecule has 2 fully saturated rings. The zero-order valence-corrected chi connectivity index (χ0v) is 11.3. The van der Waals surface area contributed by atoms with Crippen LogP contribution in [0.2, 0.25) is 0 Å². The summed E-state index contributed by atoms with van der Waals surface area (Å²) in [5, 5.41) is 0. The molecule has 1 aliphatic carbocycles. The Bertz CT molecular complexity index is 282. The molecule has 2 rings (SSSR count). The summed E-state index contributed by atoms with van der Waals surface area (Å²) < 4.78 is 0. The lowest BCUT2D eigenvalue weighted by atomic mass is 9.89. The molecule has 4 nitrogen and oxygen atoms in total. The van der Waals surface area contributed by atoms with E-state index >= 15 is 0 Å². The maximum Gasteiger partial charge on any atom is 0.221 e. The highest BCUT2D eigenvalue weighted by atomic mass is 16.1. The highest BCUT2D eigenvalue weighted by Gasteiger charge is 2.32. The maximum atomic E-state index is 11.4. The van der Waals surface area contributed by atoms with Gasteiger partial charge >= 0.3 is 0 Å². The van der Waals surface area contributed by atoms with Crippen molar-refractivity contribution in [2.24, 2.45) is 23.3 Å². The third-order valence-electron chi connectivity index (χ3n) is 4.75. The van der Waals surface area contributed by atoms with Gasteiger partial charge in [0.1, 0.15) is 0 Å². The van der Waals surface area contributed by atoms with Gasteiger partial charge in [0.15, 0.2) is 0 Å². The molecule has 0 aromatic carbocycles. The van der Waals surface area contributed by atoms with Gasteiger partial charge in [-0.25, -0.2) is 0 Å². The van der Waals surface area contributed by atoms with Crippen LogP contribution in [0.3, 0.4) is 0 Å². The minimum absolute atomic E-state index is 0.0560. The SMILES string of the molecule is NCC1CCCCCC1N1CCCC(C(N)=O)C1. The molecule has 0 aromatic heterocycles. The Balaban J connectivity index is 2.00. The van der Waals surface area contributed by atoms with Crippen molar-refractivity contribution in [2.75, 3.05) is 19.6 Å². The van der Waals surface area contributed by atoms with Crippen LogP contribution in [0, 0.1) is 11.8 Å². The van der Waals surface area contributed by atoms with Gasteiger partial charge in [-0.3, -0.25) is 9.69 Å². The summed E-state index contributed by atoms with van der Waals surface area (Å²) in [7, 11) is 0. The number of carbonyl (C=O) groups excluding carboxylic acids is 1. The Hall–Kier alpha value is -0.610. The molecule has 1 amide bonds. The topological polar surface area (TPSA) is 72.3 Å². The number of carbonyl (C=O) groups is 1. The number of nitrogens with zero attached hydrogens (tertiary/aromatic N) is 1. The van der Waals surface area contributed by atoms with Crippen molar-refractivity contribution in [1.82, 2.24) is 4.90 Å². The first-order valence-electron chi connectivity index (χ1n) is 7.45. The molecule has 18 heavy (non-hydrogen) atoms. The minimum Gasteiger partial charge on any atom is -0.369 e. The zero-order valence-electron chi connectivity index (χ0n) is 11.3. The molecule has 4 N–H and O–H groups in total. The highest BCUT2D eigenvalue weighted by molar-refractivity contribution is 5.76. The number of primary amides is 1. The fourth-order valence-corrected chi connectivity index (χ4v) is 3.66. The van der Waals surface area contributed by atoms with E-state index in [1.54, 1.807) is 0 Å². The van der Waals surface area contributed by atoms with Gasteiger partial charge in [0, 0.05) is 12.6 Å². The molecule has 1 saturated carbocycles. The van der Waals surface area contributed by atoms with Crippen LogP contribution in [-0.2, 0) is 4.79 Å². The van der Waals surface area contributed by atoms with Gasteiger partial charge in [-0.15, -0.1) is 0 Å². The van der Waals surface area contributed by atoms with Gasteiger partial charge in [0.2, 0.25) is 5.91 Å². The van der Waals surface area contributed by atoms with Crippen LogP contribution < -0.4 is 11.5 Å². The molecule has 0 radical (unpaired) electrons. The zero-order chi connectivity index (χ0) is 13.0. The quantitative estimate of drug-likeness (QED) is 0.740. The van der Waals surface area contributed by atoms with E-state index in [-0.39, 0.29) is 11.8 Å². The van der Waals surface area contributed by atoms with Crippen molar-refractivity contribution in [3.63, 3.8) is 0 Å². The Morgan fingerprint density at radius 1 is 1.11 bits per heavy atom. The summed E-state index contributed by atoms with van der Waals surface area (Å²) in [5.41, 5.74) is 11.4. The van der Waals surface area contributed by atoms with E-state index in [4.69, 9.17) is 11.5 Å². The van der Waals surface area contributed by atoms with E-state index in [0.717, 1.165) is 32.5 Å². The highest BCUT2D eigenvalue weighted by Crippen LogP contribution is 2.30. The first-order valence-corrected chi connectivity index (χ1v) is 7.45. The number of nitrogens with two attached hydrogens (primary N) is 2. The molecule has 0 spiro atoms. The van der Waals surface area contributed by atoms with Gasteiger partial charge in [0.25, 0.3) is 0 Å². The third-order valence-corrected chi connectivity index (χ3v) is 4.75. The second-order valence-electron chi connectivity index (χ2n) is 5.94. The van der Waals surface area contributed by atoms with Crippen molar-refractivity contribution >= 4 is 5.91 Å². The lowest BCUT2D eigenvalue weighted by molar-refractivity contribution is -0.124. The summed E-state index contributed by atoms with van der Waals surface area (Å²) in [6.45, 7) is 2.75. The monoisotopic (exact) mass is 253 g/mol. The van der Waals surface area contributed by atoms with Crippen LogP contribution in [0.1, 0.15) is 44.9 Å². The molecule has 1 aliphatic heterocycles. The average molecular weight is 253 g/mol. The van der Waals surface area contributed by atoms with Crippen LogP contribution in [0.5, 0.6) is 0 Å². The summed E-state index contributed by atoms with van der Waals surface area (Å²) in [5.74, 6) is 0.539. The van der Waals surface area contributed by atoms with Crippen LogP contribution in [-0.4, -0.2) is 36.5 Å². The summed E-state index contributed by atoms with van der Waals surface area (Å²) >= 11 is 0. The van der Waals surface area contributed by atoms with E-state index in [1.165, 1.54) is 32.1 Å². The molecule has 1 heterocycles. The Morgan fingerprint density at radius 2 is 1.89 bits per heavy atom. The molecule has 3 unspecified atom stereocenters. The van der Waals surface area contributed by atoms with Crippen LogP contribution in [0.15, 0.2) is 0 Å². The second kappa shape index (κ2) is 6.53. The van der Waals surface area contributed by atoms with Crippen LogP contribution in [0.4, 0.5) is 0 Å². The van der Waals surface area contributed by atoms with Gasteiger partial charge in [-0.1, -0.05) is 19.3 Å². The summed E-state index contributed by atoms with van der Waals surface area (Å²) in [6, 6.07) is 0.583. The fraction of sp³-hybridized carbons (Fsp3) is 0.929. The molecular formula is C14H27N3O. The van der Waals surface area contributed by atoms with Crippen molar-refractivity contribution in [2.45, 2.75) is 51.0 Å². The van der Waals surface area contributed by atoms with Crippen LogP contribution in [0.25, 0.3) is 0 Å². The Kier molecular flexibility index (Phi) is 5.01. The minimum atomic E-state index is -0.127. The fourth-order valence-electron chi connectivity index (χ4n) is 3.66. The van der Waals surface area contributed by atoms with Gasteiger partial charge < -0.3 is 11.5 Å². The molecule has 0 bridgehead atoms. The molecule has 1 saturated heterocycles. The maximum absolute atomic E-state index is 11.4. The summed E-state index contributed by atoms with van der Waals surface area (Å²) in [4.78, 5) is 13.9. The molecular weight excluding hydrogens is 226 g/mol. The first kappa shape index (κ1) is 13.8. The normalized spacial score (nSPS) is 35.1. The Morgan fingerprint density at radius 3 is 2.61 bits per heavy atom. The molecule has 3 atom stereocenters. The summed E-state index contributed by atoms with van der Waals surface area (Å²) in [6.07, 6.45) is 8.50. The first-order chi connectivity index (χ1) is 8.72. The molecule has 0 aromatic rings. The van der Waals surface area contributed by atoms with Gasteiger partial charge in [-0.2, -0.15) is 0 Å². The van der Waals surface area contributed by atoms with Crippen LogP contribution >= 0.6 is 0 Å². The third kappa shape index (κ3) is 3.23. The van der Waals surface area contributed by atoms with Crippen molar-refractivity contribution in [1.29, 1.82) is 0 Å². The molecule has 4 heteroatoms. The number of likely N-dealkylation sites (tertiary alicyclic amines) is 1. The molecule has 2 aliphatic rings. The number of amides is 1. The van der Waals surface area contributed by atoms with Crippen molar-refractivity contribution in [3.05, 3.63) is 0 Å². The standard InChI is InChI=1S/C14H27N3O/c15-9-11-5-2-1-3-7-13(11)17-8-4-6-12(10-17)14(16)18/h11-13H,1-10,15H2,(H2,16,18). The largest absolute Gasteiger partial charge is 0.369 e. The van der Waals surface area contributed by atoms with Crippen molar-refractivity contribution < 1.29 is 4.79 Å². The number of hydrogen-bond acceptors (Lipinski definition) is 3. The smallest absolute Gasteiger partial charge is 0.221 e. The van der Waals surface area contributed by atoms with Gasteiger partial charge in [0.05, 0.1) is 5.92 Å². The predicted molar refractivity (Wildman–Crippen MR) is 72.9 cm³/mol. The predicted octanol–water partition coefficient (Wildman–Crippen LogP) is 1.09. The lowest BCUT2D eigenvalue weighted by Crippen LogP contribution is -2.49. The number of piperidine rings is 1. The molecule has 104 valence electrons. The van der Waals surface area contributed by atoms with Gasteiger partial charge in [-0.05, 0) is 44.7 Å². The Labute approximate surface area is 110 Å². The van der Waals surface area contributed by atoms with E-state index in [0.29, 0.717) is 12.0 Å². The second-order valence-corrected chi connectivity index (χ2v) is 5.94. The average Bonchev–Trinajstić information content (AvgIpc) is 2.63.